The standard InChI is InChI=1S/C14H19NO2.ClH/c1-3-15(4-2)9-11-10-17-13-8-6-5-7-12(13)14(11)16;/h5-8,11H,3-4,9-10H2,1-2H3;1H. The second kappa shape index (κ2) is 6.76. The van der Waals surface area contributed by atoms with Gasteiger partial charge in [-0.3, -0.25) is 4.79 Å². The molecular weight excluding hydrogens is 250 g/mol. The third kappa shape index (κ3) is 3.03. The van der Waals surface area contributed by atoms with Crippen LogP contribution in [0.2, 0.25) is 0 Å². The van der Waals surface area contributed by atoms with E-state index in [1.807, 2.05) is 24.3 Å². The Bertz CT molecular complexity index is 405. The third-order valence-corrected chi connectivity index (χ3v) is 3.34. The number of halogens is 1. The zero-order valence-electron chi connectivity index (χ0n) is 10.9. The Labute approximate surface area is 115 Å². The van der Waals surface area contributed by atoms with Crippen LogP contribution in [0.25, 0.3) is 0 Å². The molecule has 0 radical (unpaired) electrons. The van der Waals surface area contributed by atoms with Gasteiger partial charge in [-0.2, -0.15) is 0 Å². The highest BCUT2D eigenvalue weighted by atomic mass is 35.5. The Hall–Kier alpha value is -1.06. The number of Topliss-reactive ketones (excluding diaryl/α,β-unsaturated/α-hetero) is 1. The monoisotopic (exact) mass is 269 g/mol. The number of rotatable bonds is 4. The lowest BCUT2D eigenvalue weighted by Gasteiger charge is -2.28. The van der Waals surface area contributed by atoms with Crippen molar-refractivity contribution in [2.45, 2.75) is 13.8 Å². The first-order valence-corrected chi connectivity index (χ1v) is 6.24. The van der Waals surface area contributed by atoms with E-state index in [9.17, 15) is 4.79 Å². The van der Waals surface area contributed by atoms with Gasteiger partial charge in [0.25, 0.3) is 0 Å². The lowest BCUT2D eigenvalue weighted by Crippen LogP contribution is -2.38. The molecule has 1 aromatic rings. The summed E-state index contributed by atoms with van der Waals surface area (Å²) in [6.07, 6.45) is 0. The fourth-order valence-electron chi connectivity index (χ4n) is 2.21. The summed E-state index contributed by atoms with van der Waals surface area (Å²) in [7, 11) is 0. The molecule has 0 fully saturated rings. The van der Waals surface area contributed by atoms with Crippen molar-refractivity contribution in [1.82, 2.24) is 4.90 Å². The molecule has 1 heterocycles. The predicted octanol–water partition coefficient (Wildman–Crippen LogP) is 2.64. The van der Waals surface area contributed by atoms with Crippen LogP contribution in [0.4, 0.5) is 0 Å². The Kier molecular flexibility index (Phi) is 5.63. The zero-order valence-corrected chi connectivity index (χ0v) is 11.7. The van der Waals surface area contributed by atoms with Gasteiger partial charge in [0.2, 0.25) is 0 Å². The maximum atomic E-state index is 12.3. The van der Waals surface area contributed by atoms with E-state index in [0.717, 1.165) is 30.9 Å². The number of benzene rings is 1. The molecule has 1 unspecified atom stereocenters. The van der Waals surface area contributed by atoms with E-state index >= 15 is 0 Å². The van der Waals surface area contributed by atoms with Crippen LogP contribution >= 0.6 is 12.4 Å². The van der Waals surface area contributed by atoms with Gasteiger partial charge in [-0.25, -0.2) is 0 Å². The van der Waals surface area contributed by atoms with Gasteiger partial charge in [0.05, 0.1) is 18.1 Å². The minimum absolute atomic E-state index is 0. The topological polar surface area (TPSA) is 29.5 Å². The maximum absolute atomic E-state index is 12.3. The molecule has 0 saturated carbocycles. The highest BCUT2D eigenvalue weighted by molar-refractivity contribution is 6.01. The highest BCUT2D eigenvalue weighted by Gasteiger charge is 2.29. The van der Waals surface area contributed by atoms with Crippen LogP contribution in [-0.4, -0.2) is 36.9 Å². The van der Waals surface area contributed by atoms with Crippen LogP contribution in [0.15, 0.2) is 24.3 Å². The number of ether oxygens (including phenoxy) is 1. The molecule has 0 amide bonds. The minimum Gasteiger partial charge on any atom is -0.492 e. The van der Waals surface area contributed by atoms with Crippen LogP contribution in [-0.2, 0) is 0 Å². The summed E-state index contributed by atoms with van der Waals surface area (Å²) in [6.45, 7) is 7.48. The Morgan fingerprint density at radius 1 is 1.28 bits per heavy atom. The Morgan fingerprint density at radius 2 is 1.94 bits per heavy atom. The normalized spacial score (nSPS) is 17.9. The van der Waals surface area contributed by atoms with E-state index in [0.29, 0.717) is 6.61 Å². The van der Waals surface area contributed by atoms with E-state index in [-0.39, 0.29) is 24.1 Å². The Balaban J connectivity index is 0.00000162. The van der Waals surface area contributed by atoms with Gasteiger partial charge in [0, 0.05) is 6.54 Å². The first-order chi connectivity index (χ1) is 8.26. The molecule has 1 aliphatic heterocycles. The number of fused-ring (bicyclic) bond motifs is 1. The molecule has 0 spiro atoms. The van der Waals surface area contributed by atoms with E-state index in [2.05, 4.69) is 18.7 Å². The molecule has 4 heteroatoms. The quantitative estimate of drug-likeness (QED) is 0.842. The van der Waals surface area contributed by atoms with Crippen LogP contribution in [0.5, 0.6) is 5.75 Å². The molecule has 1 aliphatic rings. The predicted molar refractivity (Wildman–Crippen MR) is 74.8 cm³/mol. The molecule has 0 aliphatic carbocycles. The molecule has 1 atom stereocenters. The number of carbonyl (C=O) groups excluding carboxylic acids is 1. The molecule has 2 rings (SSSR count). The van der Waals surface area contributed by atoms with Crippen molar-refractivity contribution < 1.29 is 9.53 Å². The molecule has 0 saturated heterocycles. The minimum atomic E-state index is -0.0233. The molecule has 3 nitrogen and oxygen atoms in total. The summed E-state index contributed by atoms with van der Waals surface area (Å²) in [6, 6.07) is 7.50. The van der Waals surface area contributed by atoms with E-state index in [1.165, 1.54) is 0 Å². The van der Waals surface area contributed by atoms with E-state index in [4.69, 9.17) is 4.74 Å². The van der Waals surface area contributed by atoms with Gasteiger partial charge in [-0.05, 0) is 25.2 Å². The number of ketones is 1. The fourth-order valence-corrected chi connectivity index (χ4v) is 2.21. The second-order valence-electron chi connectivity index (χ2n) is 4.35. The molecule has 1 aromatic carbocycles. The third-order valence-electron chi connectivity index (χ3n) is 3.34. The number of carbonyl (C=O) groups is 1. The molecule has 18 heavy (non-hydrogen) atoms. The summed E-state index contributed by atoms with van der Waals surface area (Å²) < 4.78 is 5.65. The SMILES string of the molecule is CCN(CC)CC1COc2ccccc2C1=O.Cl. The van der Waals surface area contributed by atoms with Crippen molar-refractivity contribution in [2.24, 2.45) is 5.92 Å². The molecule has 0 N–H and O–H groups in total. The number of hydrogen-bond donors (Lipinski definition) is 0. The lowest BCUT2D eigenvalue weighted by molar-refractivity contribution is 0.0775. The highest BCUT2D eigenvalue weighted by Crippen LogP contribution is 2.27. The van der Waals surface area contributed by atoms with Gasteiger partial charge in [0.1, 0.15) is 5.75 Å². The van der Waals surface area contributed by atoms with Crippen molar-refractivity contribution in [1.29, 1.82) is 0 Å². The number of hydrogen-bond acceptors (Lipinski definition) is 3. The zero-order chi connectivity index (χ0) is 12.3. The fraction of sp³-hybridized carbons (Fsp3) is 0.500. The molecule has 0 aromatic heterocycles. The van der Waals surface area contributed by atoms with Crippen molar-refractivity contribution in [3.63, 3.8) is 0 Å². The van der Waals surface area contributed by atoms with E-state index < -0.39 is 0 Å². The van der Waals surface area contributed by atoms with Gasteiger partial charge in [0.15, 0.2) is 5.78 Å². The number of nitrogens with zero attached hydrogens (tertiary/aromatic N) is 1. The second-order valence-corrected chi connectivity index (χ2v) is 4.35. The van der Waals surface area contributed by atoms with Crippen LogP contribution in [0.1, 0.15) is 24.2 Å². The first kappa shape index (κ1) is 15.0. The largest absolute Gasteiger partial charge is 0.492 e. The summed E-state index contributed by atoms with van der Waals surface area (Å²) in [5.74, 6) is 0.928. The van der Waals surface area contributed by atoms with Gasteiger partial charge >= 0.3 is 0 Å². The molecule has 100 valence electrons. The summed E-state index contributed by atoms with van der Waals surface area (Å²) >= 11 is 0. The summed E-state index contributed by atoms with van der Waals surface area (Å²) in [4.78, 5) is 14.5. The molecular formula is C14H20ClNO2. The van der Waals surface area contributed by atoms with Gasteiger partial charge in [-0.1, -0.05) is 26.0 Å². The first-order valence-electron chi connectivity index (χ1n) is 6.24. The van der Waals surface area contributed by atoms with Crippen molar-refractivity contribution in [3.05, 3.63) is 29.8 Å². The van der Waals surface area contributed by atoms with Gasteiger partial charge < -0.3 is 9.64 Å². The summed E-state index contributed by atoms with van der Waals surface area (Å²) in [5.41, 5.74) is 0.732. The van der Waals surface area contributed by atoms with Crippen molar-refractivity contribution >= 4 is 18.2 Å². The van der Waals surface area contributed by atoms with Crippen molar-refractivity contribution in [2.75, 3.05) is 26.2 Å². The van der Waals surface area contributed by atoms with Gasteiger partial charge in [-0.15, -0.1) is 12.4 Å². The van der Waals surface area contributed by atoms with E-state index in [1.54, 1.807) is 0 Å². The lowest BCUT2D eigenvalue weighted by atomic mass is 9.94. The molecule has 0 bridgehead atoms. The van der Waals surface area contributed by atoms with Crippen LogP contribution in [0, 0.1) is 5.92 Å². The average Bonchev–Trinajstić information content (AvgIpc) is 2.38. The Morgan fingerprint density at radius 3 is 2.61 bits per heavy atom. The maximum Gasteiger partial charge on any atom is 0.174 e. The van der Waals surface area contributed by atoms with Crippen LogP contribution < -0.4 is 4.74 Å². The summed E-state index contributed by atoms with van der Waals surface area (Å²) in [5, 5.41) is 0. The number of para-hydroxylation sites is 1. The smallest absolute Gasteiger partial charge is 0.174 e. The van der Waals surface area contributed by atoms with Crippen molar-refractivity contribution in [3.8, 4) is 5.75 Å². The average molecular weight is 270 g/mol. The van der Waals surface area contributed by atoms with Crippen LogP contribution in [0.3, 0.4) is 0 Å².